The summed E-state index contributed by atoms with van der Waals surface area (Å²) in [6.07, 6.45) is 3.62. The third-order valence-corrected chi connectivity index (χ3v) is 4.56. The van der Waals surface area contributed by atoms with Crippen molar-refractivity contribution >= 4 is 17.7 Å². The van der Waals surface area contributed by atoms with Crippen LogP contribution in [0.2, 0.25) is 0 Å². The van der Waals surface area contributed by atoms with Crippen LogP contribution in [-0.2, 0) is 11.2 Å². The first-order valence-electron chi connectivity index (χ1n) is 9.10. The van der Waals surface area contributed by atoms with E-state index in [1.165, 1.54) is 5.56 Å². The Labute approximate surface area is 153 Å². The normalized spacial score (nSPS) is 15.2. The molecule has 5 nitrogen and oxygen atoms in total. The van der Waals surface area contributed by atoms with Crippen molar-refractivity contribution in [1.82, 2.24) is 5.32 Å². The Morgan fingerprint density at radius 3 is 2.73 bits per heavy atom. The molecule has 2 aromatic rings. The summed E-state index contributed by atoms with van der Waals surface area (Å²) in [7, 11) is 0. The number of para-hydroxylation sites is 1. The van der Waals surface area contributed by atoms with Gasteiger partial charge in [0, 0.05) is 0 Å². The number of hydrogen-bond acceptors (Lipinski definition) is 3. The standard InChI is InChI=1S/C21H24N2O3/c1-2-3-14-26-20(24)17-10-6-7-11-18(17)22-21(25)23-19-13-12-15-8-4-5-9-16(15)19/h4-11,19H,2-3,12-14H2,1H3,(H2,22,23,25). The van der Waals surface area contributed by atoms with E-state index in [1.807, 2.05) is 25.1 Å². The van der Waals surface area contributed by atoms with Crippen LogP contribution in [0.15, 0.2) is 48.5 Å². The fourth-order valence-electron chi connectivity index (χ4n) is 3.18. The van der Waals surface area contributed by atoms with Crippen molar-refractivity contribution in [2.24, 2.45) is 0 Å². The zero-order chi connectivity index (χ0) is 18.4. The highest BCUT2D eigenvalue weighted by atomic mass is 16.5. The number of aryl methyl sites for hydroxylation is 1. The molecular formula is C21H24N2O3. The molecule has 1 unspecified atom stereocenters. The second-order valence-corrected chi connectivity index (χ2v) is 6.42. The number of ether oxygens (including phenoxy) is 1. The third-order valence-electron chi connectivity index (χ3n) is 4.56. The quantitative estimate of drug-likeness (QED) is 0.596. The number of unbranched alkanes of at least 4 members (excludes halogenated alkanes) is 1. The summed E-state index contributed by atoms with van der Waals surface area (Å²) in [5.41, 5.74) is 3.26. The number of amides is 2. The lowest BCUT2D eigenvalue weighted by Gasteiger charge is -2.16. The minimum atomic E-state index is -0.416. The second-order valence-electron chi connectivity index (χ2n) is 6.42. The van der Waals surface area contributed by atoms with Crippen molar-refractivity contribution < 1.29 is 14.3 Å². The zero-order valence-corrected chi connectivity index (χ0v) is 15.0. The average molecular weight is 352 g/mol. The molecule has 1 aliphatic carbocycles. The largest absolute Gasteiger partial charge is 0.462 e. The molecule has 0 aromatic heterocycles. The lowest BCUT2D eigenvalue weighted by atomic mass is 10.1. The van der Waals surface area contributed by atoms with E-state index in [-0.39, 0.29) is 12.1 Å². The summed E-state index contributed by atoms with van der Waals surface area (Å²) >= 11 is 0. The number of anilines is 1. The van der Waals surface area contributed by atoms with Crippen LogP contribution < -0.4 is 10.6 Å². The molecule has 0 bridgehead atoms. The Kier molecular flexibility index (Phi) is 5.89. The van der Waals surface area contributed by atoms with Crippen LogP contribution in [0.25, 0.3) is 0 Å². The molecule has 0 fully saturated rings. The van der Waals surface area contributed by atoms with Gasteiger partial charge in [-0.1, -0.05) is 49.7 Å². The van der Waals surface area contributed by atoms with Gasteiger partial charge >= 0.3 is 12.0 Å². The predicted molar refractivity (Wildman–Crippen MR) is 101 cm³/mol. The zero-order valence-electron chi connectivity index (χ0n) is 15.0. The highest BCUT2D eigenvalue weighted by Crippen LogP contribution is 2.30. The molecule has 2 amide bonds. The number of rotatable bonds is 6. The van der Waals surface area contributed by atoms with Crippen LogP contribution in [-0.4, -0.2) is 18.6 Å². The minimum Gasteiger partial charge on any atom is -0.462 e. The Balaban J connectivity index is 1.64. The van der Waals surface area contributed by atoms with Crippen molar-refractivity contribution in [3.8, 4) is 0 Å². The predicted octanol–water partition coefficient (Wildman–Crippen LogP) is 4.45. The number of hydrogen-bond donors (Lipinski definition) is 2. The Bertz CT molecular complexity index is 788. The van der Waals surface area contributed by atoms with Gasteiger partial charge in [-0.3, -0.25) is 0 Å². The molecule has 136 valence electrons. The van der Waals surface area contributed by atoms with Crippen molar-refractivity contribution in [2.45, 2.75) is 38.6 Å². The first-order valence-corrected chi connectivity index (χ1v) is 9.10. The van der Waals surface area contributed by atoms with Gasteiger partial charge in [0.25, 0.3) is 0 Å². The summed E-state index contributed by atoms with van der Waals surface area (Å²) in [6.45, 7) is 2.42. The van der Waals surface area contributed by atoms with Crippen LogP contribution in [0, 0.1) is 0 Å². The summed E-state index contributed by atoms with van der Waals surface area (Å²) in [5.74, 6) is -0.416. The fourth-order valence-corrected chi connectivity index (χ4v) is 3.18. The molecule has 26 heavy (non-hydrogen) atoms. The lowest BCUT2D eigenvalue weighted by molar-refractivity contribution is 0.0501. The molecule has 0 spiro atoms. The third kappa shape index (κ3) is 4.23. The summed E-state index contributed by atoms with van der Waals surface area (Å²) in [4.78, 5) is 24.7. The maximum Gasteiger partial charge on any atom is 0.340 e. The van der Waals surface area contributed by atoms with Gasteiger partial charge < -0.3 is 15.4 Å². The van der Waals surface area contributed by atoms with Crippen LogP contribution in [0.3, 0.4) is 0 Å². The molecule has 2 aromatic carbocycles. The van der Waals surface area contributed by atoms with Gasteiger partial charge in [-0.2, -0.15) is 0 Å². The Hall–Kier alpha value is -2.82. The smallest absolute Gasteiger partial charge is 0.340 e. The number of nitrogens with one attached hydrogen (secondary N) is 2. The lowest BCUT2D eigenvalue weighted by Crippen LogP contribution is -2.32. The summed E-state index contributed by atoms with van der Waals surface area (Å²) in [6, 6.07) is 14.7. The maximum atomic E-state index is 12.4. The molecule has 0 heterocycles. The van der Waals surface area contributed by atoms with Crippen LogP contribution >= 0.6 is 0 Å². The molecule has 1 atom stereocenters. The summed E-state index contributed by atoms with van der Waals surface area (Å²) < 4.78 is 5.26. The van der Waals surface area contributed by atoms with E-state index in [9.17, 15) is 9.59 Å². The molecule has 0 saturated heterocycles. The van der Waals surface area contributed by atoms with E-state index in [1.54, 1.807) is 24.3 Å². The maximum absolute atomic E-state index is 12.4. The van der Waals surface area contributed by atoms with Gasteiger partial charge in [0.1, 0.15) is 0 Å². The van der Waals surface area contributed by atoms with Gasteiger partial charge in [0.05, 0.1) is 23.9 Å². The van der Waals surface area contributed by atoms with Crippen molar-refractivity contribution in [1.29, 1.82) is 0 Å². The number of carbonyl (C=O) groups is 2. The van der Waals surface area contributed by atoms with Gasteiger partial charge in [-0.25, -0.2) is 9.59 Å². The number of urea groups is 1. The topological polar surface area (TPSA) is 67.4 Å². The van der Waals surface area contributed by atoms with E-state index >= 15 is 0 Å². The van der Waals surface area contributed by atoms with Crippen molar-refractivity contribution in [2.75, 3.05) is 11.9 Å². The highest BCUT2D eigenvalue weighted by Gasteiger charge is 2.24. The molecule has 3 rings (SSSR count). The SMILES string of the molecule is CCCCOC(=O)c1ccccc1NC(=O)NC1CCc2ccccc21. The van der Waals surface area contributed by atoms with E-state index in [4.69, 9.17) is 4.74 Å². The van der Waals surface area contributed by atoms with Crippen LogP contribution in [0.5, 0.6) is 0 Å². The van der Waals surface area contributed by atoms with Gasteiger partial charge in [-0.05, 0) is 42.5 Å². The van der Waals surface area contributed by atoms with Crippen LogP contribution in [0.4, 0.5) is 10.5 Å². The monoisotopic (exact) mass is 352 g/mol. The van der Waals surface area contributed by atoms with E-state index < -0.39 is 5.97 Å². The van der Waals surface area contributed by atoms with Gasteiger partial charge in [0.15, 0.2) is 0 Å². The molecule has 0 radical (unpaired) electrons. The molecular weight excluding hydrogens is 328 g/mol. The number of benzene rings is 2. The van der Waals surface area contributed by atoms with Crippen molar-refractivity contribution in [3.63, 3.8) is 0 Å². The first-order chi connectivity index (χ1) is 12.7. The molecule has 0 aliphatic heterocycles. The molecule has 0 saturated carbocycles. The van der Waals surface area contributed by atoms with E-state index in [0.717, 1.165) is 31.2 Å². The number of carbonyl (C=O) groups excluding carboxylic acids is 2. The van der Waals surface area contributed by atoms with Crippen LogP contribution in [0.1, 0.15) is 53.7 Å². The number of fused-ring (bicyclic) bond motifs is 1. The minimum absolute atomic E-state index is 0.00475. The average Bonchev–Trinajstić information content (AvgIpc) is 3.05. The fraction of sp³-hybridized carbons (Fsp3) is 0.333. The summed E-state index contributed by atoms with van der Waals surface area (Å²) in [5, 5.41) is 5.79. The molecule has 2 N–H and O–H groups in total. The number of esters is 1. The van der Waals surface area contributed by atoms with E-state index in [2.05, 4.69) is 16.7 Å². The highest BCUT2D eigenvalue weighted by molar-refractivity contribution is 6.00. The van der Waals surface area contributed by atoms with Gasteiger partial charge in [0.2, 0.25) is 0 Å². The second kappa shape index (κ2) is 8.52. The Morgan fingerprint density at radius 1 is 1.12 bits per heavy atom. The van der Waals surface area contributed by atoms with Gasteiger partial charge in [-0.15, -0.1) is 0 Å². The Morgan fingerprint density at radius 2 is 1.88 bits per heavy atom. The molecule has 5 heteroatoms. The molecule has 1 aliphatic rings. The first kappa shape index (κ1) is 18.0. The van der Waals surface area contributed by atoms with E-state index in [0.29, 0.717) is 17.9 Å². The van der Waals surface area contributed by atoms with Crippen molar-refractivity contribution in [3.05, 3.63) is 65.2 Å².